The lowest BCUT2D eigenvalue weighted by molar-refractivity contribution is 0.660. The molecule has 15 rings (SSSR count). The molecule has 1 heterocycles. The number of furan rings is 1. The van der Waals surface area contributed by atoms with Gasteiger partial charge in [0.1, 0.15) is 5.58 Å². The molecule has 3 heteroatoms. The monoisotopic (exact) mass is 970 g/mol. The Kier molecular flexibility index (Phi) is 9.92. The highest BCUT2D eigenvalue weighted by molar-refractivity contribution is 6.17. The fourth-order valence-electron chi connectivity index (χ4n) is 12.5. The molecule has 1 aromatic heterocycles. The summed E-state index contributed by atoms with van der Waals surface area (Å²) in [6, 6.07) is 97.7. The number of fused-ring (bicyclic) bond motifs is 12. The number of nitrogens with zero attached hydrogens (tertiary/aromatic N) is 2. The Bertz CT molecular complexity index is 4600. The number of benzene rings is 13. The van der Waals surface area contributed by atoms with Crippen molar-refractivity contribution in [3.63, 3.8) is 0 Å². The lowest BCUT2D eigenvalue weighted by Gasteiger charge is -2.29. The van der Waals surface area contributed by atoms with Crippen molar-refractivity contribution in [1.82, 2.24) is 0 Å². The van der Waals surface area contributed by atoms with Gasteiger partial charge in [-0.15, -0.1) is 0 Å². The second kappa shape index (κ2) is 17.2. The van der Waals surface area contributed by atoms with Gasteiger partial charge in [-0.25, -0.2) is 0 Å². The average molecular weight is 971 g/mol. The van der Waals surface area contributed by atoms with Crippen molar-refractivity contribution >= 4 is 99.2 Å². The predicted octanol–water partition coefficient (Wildman–Crippen LogP) is 20.8. The summed E-state index contributed by atoms with van der Waals surface area (Å²) >= 11 is 0. The third-order valence-corrected chi connectivity index (χ3v) is 16.2. The molecule has 0 saturated carbocycles. The molecule has 0 unspecified atom stereocenters. The Labute approximate surface area is 441 Å². The maximum absolute atomic E-state index is 6.72. The molecule has 0 aliphatic heterocycles. The van der Waals surface area contributed by atoms with Crippen molar-refractivity contribution in [1.29, 1.82) is 0 Å². The molecule has 0 bridgehead atoms. The molecule has 0 fully saturated rings. The third-order valence-electron chi connectivity index (χ3n) is 16.2. The van der Waals surface area contributed by atoms with Crippen molar-refractivity contribution in [3.8, 4) is 33.4 Å². The highest BCUT2D eigenvalue weighted by Gasteiger charge is 2.36. The molecule has 13 aromatic carbocycles. The van der Waals surface area contributed by atoms with Crippen LogP contribution in [0.25, 0.3) is 98.4 Å². The van der Waals surface area contributed by atoms with Crippen molar-refractivity contribution < 1.29 is 4.42 Å². The maximum atomic E-state index is 6.72. The molecule has 3 nitrogen and oxygen atoms in total. The van der Waals surface area contributed by atoms with E-state index in [0.29, 0.717) is 0 Å². The summed E-state index contributed by atoms with van der Waals surface area (Å²) < 4.78 is 6.72. The zero-order valence-corrected chi connectivity index (χ0v) is 42.2. The molecule has 0 N–H and O–H groups in total. The highest BCUT2D eigenvalue weighted by Crippen LogP contribution is 2.52. The fraction of sp³-hybridized carbons (Fsp3) is 0.0411. The van der Waals surface area contributed by atoms with E-state index in [-0.39, 0.29) is 5.41 Å². The van der Waals surface area contributed by atoms with Crippen LogP contribution in [0, 0.1) is 0 Å². The van der Waals surface area contributed by atoms with E-state index in [1.54, 1.807) is 0 Å². The number of hydrogen-bond acceptors (Lipinski definition) is 3. The van der Waals surface area contributed by atoms with Crippen LogP contribution in [0.15, 0.2) is 271 Å². The summed E-state index contributed by atoms with van der Waals surface area (Å²) in [5.74, 6) is 0. The Morgan fingerprint density at radius 2 is 0.724 bits per heavy atom. The van der Waals surface area contributed by atoms with Crippen LogP contribution >= 0.6 is 0 Å². The molecule has 76 heavy (non-hydrogen) atoms. The number of hydrogen-bond donors (Lipinski definition) is 0. The van der Waals surface area contributed by atoms with Gasteiger partial charge in [0.05, 0.1) is 17.1 Å². The lowest BCUT2D eigenvalue weighted by atomic mass is 9.82. The minimum atomic E-state index is -0.0759. The van der Waals surface area contributed by atoms with Gasteiger partial charge in [-0.1, -0.05) is 220 Å². The Morgan fingerprint density at radius 3 is 1.33 bits per heavy atom. The van der Waals surface area contributed by atoms with Gasteiger partial charge in [-0.3, -0.25) is 0 Å². The van der Waals surface area contributed by atoms with Crippen LogP contribution in [-0.2, 0) is 5.41 Å². The summed E-state index contributed by atoms with van der Waals surface area (Å²) in [5.41, 5.74) is 18.2. The molecular weight excluding hydrogens is 921 g/mol. The van der Waals surface area contributed by atoms with E-state index in [9.17, 15) is 0 Å². The van der Waals surface area contributed by atoms with Gasteiger partial charge in [0.25, 0.3) is 0 Å². The summed E-state index contributed by atoms with van der Waals surface area (Å²) in [6.07, 6.45) is 0. The van der Waals surface area contributed by atoms with Crippen LogP contribution in [0.5, 0.6) is 0 Å². The molecule has 0 saturated heterocycles. The fourth-order valence-corrected chi connectivity index (χ4v) is 12.5. The first-order valence-electron chi connectivity index (χ1n) is 26.3. The molecule has 14 aromatic rings. The largest absolute Gasteiger partial charge is 0.454 e. The average Bonchev–Trinajstić information content (AvgIpc) is 4.07. The zero-order valence-electron chi connectivity index (χ0n) is 42.2. The van der Waals surface area contributed by atoms with Gasteiger partial charge in [0, 0.05) is 44.0 Å². The van der Waals surface area contributed by atoms with E-state index < -0.39 is 0 Å². The second-order valence-electron chi connectivity index (χ2n) is 20.8. The Balaban J connectivity index is 0.794. The van der Waals surface area contributed by atoms with Gasteiger partial charge in [-0.05, 0) is 137 Å². The number of rotatable bonds is 8. The van der Waals surface area contributed by atoms with Crippen LogP contribution in [0.4, 0.5) is 34.1 Å². The molecule has 358 valence electrons. The van der Waals surface area contributed by atoms with Crippen LogP contribution < -0.4 is 9.80 Å². The van der Waals surface area contributed by atoms with Crippen LogP contribution in [0.2, 0.25) is 0 Å². The van der Waals surface area contributed by atoms with Crippen molar-refractivity contribution in [2.45, 2.75) is 19.3 Å². The van der Waals surface area contributed by atoms with Crippen LogP contribution in [0.3, 0.4) is 0 Å². The van der Waals surface area contributed by atoms with Gasteiger partial charge in [-0.2, -0.15) is 0 Å². The van der Waals surface area contributed by atoms with Gasteiger partial charge in [0.2, 0.25) is 0 Å². The first kappa shape index (κ1) is 43.8. The van der Waals surface area contributed by atoms with Crippen molar-refractivity contribution in [3.05, 3.63) is 278 Å². The lowest BCUT2D eigenvalue weighted by Crippen LogP contribution is -2.15. The van der Waals surface area contributed by atoms with E-state index in [4.69, 9.17) is 4.42 Å². The molecule has 1 aliphatic carbocycles. The SMILES string of the molecule is CC1(C)c2ccccc2-c2cc(N(c3ccc(-c4ccc(-c5ccc(N(c6cc7ccccc7c7ccccc67)c6cccc7c6oc6ccccc67)cc5)cc4)cc3)c3cc4ccccc4c4ccccc34)ccc21. The summed E-state index contributed by atoms with van der Waals surface area (Å²) in [5, 5.41) is 12.0. The first-order valence-corrected chi connectivity index (χ1v) is 26.3. The topological polar surface area (TPSA) is 19.6 Å². The van der Waals surface area contributed by atoms with E-state index in [1.807, 2.05) is 6.07 Å². The minimum absolute atomic E-state index is 0.0759. The maximum Gasteiger partial charge on any atom is 0.159 e. The Morgan fingerprint density at radius 1 is 0.289 bits per heavy atom. The van der Waals surface area contributed by atoms with Crippen LogP contribution in [0.1, 0.15) is 25.0 Å². The summed E-state index contributed by atoms with van der Waals surface area (Å²) in [6.45, 7) is 4.70. The smallest absolute Gasteiger partial charge is 0.159 e. The second-order valence-corrected chi connectivity index (χ2v) is 20.8. The van der Waals surface area contributed by atoms with E-state index >= 15 is 0 Å². The van der Waals surface area contributed by atoms with E-state index in [1.165, 1.54) is 70.9 Å². The standard InChI is InChI=1S/C73H50N2O/c1-73(2)66-27-13-11-22-60(66)65-46-55(42-43-67(65)73)74(69-44-51-16-3-5-18-56(51)58-20-7-9-23-61(58)69)53-38-34-49(35-39-53)47-30-32-48(33-31-47)50-36-40-54(41-37-50)75(68-28-15-26-64-63-25-12-14-29-71(63)76-72(64)68)70-45-52-17-4-6-19-57(52)59-21-8-10-24-62(59)70/h3-46H,1-2H3. The quantitative estimate of drug-likeness (QED) is 0.142. The van der Waals surface area contributed by atoms with Crippen LogP contribution in [-0.4, -0.2) is 0 Å². The molecule has 0 atom stereocenters. The highest BCUT2D eigenvalue weighted by atomic mass is 16.3. The zero-order chi connectivity index (χ0) is 50.5. The molecule has 0 amide bonds. The van der Waals surface area contributed by atoms with Crippen molar-refractivity contribution in [2.75, 3.05) is 9.80 Å². The first-order chi connectivity index (χ1) is 37.4. The minimum Gasteiger partial charge on any atom is -0.454 e. The van der Waals surface area contributed by atoms with Gasteiger partial charge >= 0.3 is 0 Å². The van der Waals surface area contributed by atoms with Gasteiger partial charge < -0.3 is 14.2 Å². The van der Waals surface area contributed by atoms with Gasteiger partial charge in [0.15, 0.2) is 5.58 Å². The normalized spacial score (nSPS) is 12.7. The Hall–Kier alpha value is -9.70. The summed E-state index contributed by atoms with van der Waals surface area (Å²) in [4.78, 5) is 4.84. The molecule has 1 aliphatic rings. The third kappa shape index (κ3) is 6.90. The van der Waals surface area contributed by atoms with Crippen molar-refractivity contribution in [2.24, 2.45) is 0 Å². The van der Waals surface area contributed by atoms with E-state index in [2.05, 4.69) is 285 Å². The number of para-hydroxylation sites is 2. The molecule has 0 radical (unpaired) electrons. The van der Waals surface area contributed by atoms with E-state index in [0.717, 1.165) is 72.8 Å². The predicted molar refractivity (Wildman–Crippen MR) is 322 cm³/mol. The number of anilines is 6. The summed E-state index contributed by atoms with van der Waals surface area (Å²) in [7, 11) is 0. The molecule has 0 spiro atoms. The molecular formula is C73H50N2O.